The Labute approximate surface area is 113 Å². The number of halogens is 4. The van der Waals surface area contributed by atoms with Gasteiger partial charge >= 0.3 is 6.18 Å². The van der Waals surface area contributed by atoms with Gasteiger partial charge in [0.25, 0.3) is 0 Å². The van der Waals surface area contributed by atoms with E-state index >= 15 is 0 Å². The van der Waals surface area contributed by atoms with Crippen LogP contribution < -0.4 is 0 Å². The largest absolute Gasteiger partial charge is 0.416 e. The zero-order chi connectivity index (χ0) is 14.2. The van der Waals surface area contributed by atoms with Crippen LogP contribution in [0.25, 0.3) is 11.4 Å². The van der Waals surface area contributed by atoms with Crippen LogP contribution in [0.4, 0.5) is 13.2 Å². The Balaban J connectivity index is 2.54. The van der Waals surface area contributed by atoms with Gasteiger partial charge in [-0.05, 0) is 26.0 Å². The SMILES string of the molecule is CC(C)n1c(Cl)cnc1-c1cccc(C(F)(F)F)c1. The van der Waals surface area contributed by atoms with E-state index in [-0.39, 0.29) is 6.04 Å². The highest BCUT2D eigenvalue weighted by Crippen LogP contribution is 2.33. The van der Waals surface area contributed by atoms with Crippen LogP contribution in [0.15, 0.2) is 30.5 Å². The van der Waals surface area contributed by atoms with E-state index in [1.165, 1.54) is 12.3 Å². The fourth-order valence-electron chi connectivity index (χ4n) is 1.88. The molecule has 1 heterocycles. The Morgan fingerprint density at radius 1 is 1.26 bits per heavy atom. The van der Waals surface area contributed by atoms with Gasteiger partial charge in [0.1, 0.15) is 11.0 Å². The summed E-state index contributed by atoms with van der Waals surface area (Å²) in [6, 6.07) is 5.09. The molecule has 0 aliphatic rings. The molecule has 0 fully saturated rings. The first kappa shape index (κ1) is 13.9. The maximum atomic E-state index is 12.7. The van der Waals surface area contributed by atoms with E-state index in [4.69, 9.17) is 11.6 Å². The minimum Gasteiger partial charge on any atom is -0.313 e. The summed E-state index contributed by atoms with van der Waals surface area (Å²) < 4.78 is 39.8. The van der Waals surface area contributed by atoms with Gasteiger partial charge in [0, 0.05) is 11.6 Å². The van der Waals surface area contributed by atoms with Crippen molar-refractivity contribution in [2.75, 3.05) is 0 Å². The third-order valence-corrected chi connectivity index (χ3v) is 3.00. The third kappa shape index (κ3) is 2.76. The lowest BCUT2D eigenvalue weighted by molar-refractivity contribution is -0.137. The minimum absolute atomic E-state index is 0.0135. The van der Waals surface area contributed by atoms with Gasteiger partial charge in [0.2, 0.25) is 0 Å². The van der Waals surface area contributed by atoms with Gasteiger partial charge in [-0.1, -0.05) is 23.7 Å². The maximum Gasteiger partial charge on any atom is 0.416 e. The van der Waals surface area contributed by atoms with Gasteiger partial charge in [0.15, 0.2) is 0 Å². The van der Waals surface area contributed by atoms with Gasteiger partial charge in [0.05, 0.1) is 11.8 Å². The zero-order valence-electron chi connectivity index (χ0n) is 10.4. The standard InChI is InChI=1S/C13H12ClF3N2/c1-8(2)19-11(14)7-18-12(19)9-4-3-5-10(6-9)13(15,16)17/h3-8H,1-2H3. The van der Waals surface area contributed by atoms with Crippen LogP contribution in [0.3, 0.4) is 0 Å². The highest BCUT2D eigenvalue weighted by molar-refractivity contribution is 6.29. The van der Waals surface area contributed by atoms with E-state index in [9.17, 15) is 13.2 Å². The van der Waals surface area contributed by atoms with Crippen LogP contribution in [0, 0.1) is 0 Å². The van der Waals surface area contributed by atoms with Gasteiger partial charge in [-0.15, -0.1) is 0 Å². The van der Waals surface area contributed by atoms with Crippen LogP contribution in [0.1, 0.15) is 25.5 Å². The Bertz CT molecular complexity index is 588. The molecule has 0 radical (unpaired) electrons. The Morgan fingerprint density at radius 2 is 1.95 bits per heavy atom. The third-order valence-electron chi connectivity index (χ3n) is 2.72. The lowest BCUT2D eigenvalue weighted by Gasteiger charge is -2.14. The van der Waals surface area contributed by atoms with E-state index in [0.717, 1.165) is 12.1 Å². The Hall–Kier alpha value is -1.49. The van der Waals surface area contributed by atoms with E-state index in [1.807, 2.05) is 13.8 Å². The van der Waals surface area contributed by atoms with Crippen molar-refractivity contribution in [3.05, 3.63) is 41.2 Å². The summed E-state index contributed by atoms with van der Waals surface area (Å²) in [6.07, 6.45) is -2.92. The Morgan fingerprint density at radius 3 is 2.53 bits per heavy atom. The molecular weight excluding hydrogens is 277 g/mol. The molecule has 0 bridgehead atoms. The average molecular weight is 289 g/mol. The highest BCUT2D eigenvalue weighted by Gasteiger charge is 2.30. The summed E-state index contributed by atoms with van der Waals surface area (Å²) in [7, 11) is 0. The van der Waals surface area contributed by atoms with Crippen LogP contribution >= 0.6 is 11.6 Å². The molecule has 0 saturated heterocycles. The summed E-state index contributed by atoms with van der Waals surface area (Å²) in [4.78, 5) is 4.09. The van der Waals surface area contributed by atoms with Crippen molar-refractivity contribution >= 4 is 11.6 Å². The fourth-order valence-corrected chi connectivity index (χ4v) is 2.20. The van der Waals surface area contributed by atoms with E-state index in [2.05, 4.69) is 4.98 Å². The van der Waals surface area contributed by atoms with Crippen LogP contribution in [-0.4, -0.2) is 9.55 Å². The number of hydrogen-bond donors (Lipinski definition) is 0. The van der Waals surface area contributed by atoms with Gasteiger partial charge in [-0.3, -0.25) is 0 Å². The highest BCUT2D eigenvalue weighted by atomic mass is 35.5. The number of alkyl halides is 3. The molecule has 0 unspecified atom stereocenters. The predicted molar refractivity (Wildman–Crippen MR) is 68.1 cm³/mol. The van der Waals surface area contributed by atoms with E-state index in [1.54, 1.807) is 10.6 Å². The summed E-state index contributed by atoms with van der Waals surface area (Å²) in [5.74, 6) is 0.436. The molecule has 2 nitrogen and oxygen atoms in total. The second-order valence-electron chi connectivity index (χ2n) is 4.45. The number of aromatic nitrogens is 2. The molecule has 102 valence electrons. The molecule has 6 heteroatoms. The molecule has 1 aromatic carbocycles. The lowest BCUT2D eigenvalue weighted by Crippen LogP contribution is -2.06. The van der Waals surface area contributed by atoms with Crippen molar-refractivity contribution in [3.63, 3.8) is 0 Å². The first-order chi connectivity index (χ1) is 8.80. The summed E-state index contributed by atoms with van der Waals surface area (Å²) in [6.45, 7) is 3.79. The van der Waals surface area contributed by atoms with Crippen molar-refractivity contribution in [1.82, 2.24) is 9.55 Å². The molecule has 19 heavy (non-hydrogen) atoms. The number of nitrogens with zero attached hydrogens (tertiary/aromatic N) is 2. The number of benzene rings is 1. The van der Waals surface area contributed by atoms with Crippen molar-refractivity contribution in [3.8, 4) is 11.4 Å². The molecule has 2 rings (SSSR count). The summed E-state index contributed by atoms with van der Waals surface area (Å²) in [5, 5.41) is 0.405. The molecule has 0 N–H and O–H groups in total. The molecule has 0 aliphatic heterocycles. The van der Waals surface area contributed by atoms with Gasteiger partial charge < -0.3 is 4.57 Å². The number of hydrogen-bond acceptors (Lipinski definition) is 1. The smallest absolute Gasteiger partial charge is 0.313 e. The summed E-state index contributed by atoms with van der Waals surface area (Å²) >= 11 is 6.00. The molecule has 1 aromatic heterocycles. The predicted octanol–water partition coefficient (Wildman–Crippen LogP) is 4.80. The van der Waals surface area contributed by atoms with E-state index < -0.39 is 11.7 Å². The Kier molecular flexibility index (Phi) is 3.58. The first-order valence-electron chi connectivity index (χ1n) is 5.71. The molecule has 0 spiro atoms. The normalized spacial score (nSPS) is 12.2. The first-order valence-corrected chi connectivity index (χ1v) is 6.09. The van der Waals surface area contributed by atoms with Crippen molar-refractivity contribution in [2.45, 2.75) is 26.1 Å². The van der Waals surface area contributed by atoms with Gasteiger partial charge in [-0.2, -0.15) is 13.2 Å². The van der Waals surface area contributed by atoms with Crippen LogP contribution in [-0.2, 0) is 6.18 Å². The van der Waals surface area contributed by atoms with Crippen molar-refractivity contribution in [2.24, 2.45) is 0 Å². The summed E-state index contributed by atoms with van der Waals surface area (Å²) in [5.41, 5.74) is -0.296. The fraction of sp³-hybridized carbons (Fsp3) is 0.308. The van der Waals surface area contributed by atoms with Crippen molar-refractivity contribution < 1.29 is 13.2 Å². The zero-order valence-corrected chi connectivity index (χ0v) is 11.1. The number of imidazole rings is 1. The monoisotopic (exact) mass is 288 g/mol. The molecule has 0 saturated carbocycles. The lowest BCUT2D eigenvalue weighted by atomic mass is 10.1. The van der Waals surface area contributed by atoms with E-state index in [0.29, 0.717) is 16.5 Å². The van der Waals surface area contributed by atoms with Gasteiger partial charge in [-0.25, -0.2) is 4.98 Å². The molecule has 0 atom stereocenters. The second-order valence-corrected chi connectivity index (χ2v) is 4.83. The topological polar surface area (TPSA) is 17.8 Å². The second kappa shape index (κ2) is 4.89. The maximum absolute atomic E-state index is 12.7. The minimum atomic E-state index is -4.37. The van der Waals surface area contributed by atoms with Crippen molar-refractivity contribution in [1.29, 1.82) is 0 Å². The molecule has 2 aromatic rings. The average Bonchev–Trinajstić information content (AvgIpc) is 2.70. The molecular formula is C13H12ClF3N2. The number of rotatable bonds is 2. The quantitative estimate of drug-likeness (QED) is 0.776. The molecule has 0 aliphatic carbocycles. The van der Waals surface area contributed by atoms with Crippen LogP contribution in [0.5, 0.6) is 0 Å². The van der Waals surface area contributed by atoms with Crippen LogP contribution in [0.2, 0.25) is 5.15 Å². The molecule has 0 amide bonds.